The molecule has 0 heterocycles. The molecule has 5 aliphatic rings. The maximum atomic E-state index is 12.2. The first-order chi connectivity index (χ1) is 11.5. The molecule has 0 aliphatic heterocycles. The smallest absolute Gasteiger partial charge is 0.155 e. The Morgan fingerprint density at radius 3 is 2.79 bits per heavy atom. The van der Waals surface area contributed by atoms with Gasteiger partial charge in [0.1, 0.15) is 0 Å². The van der Waals surface area contributed by atoms with Crippen molar-refractivity contribution in [1.29, 1.82) is 0 Å². The van der Waals surface area contributed by atoms with Gasteiger partial charge in [0, 0.05) is 6.42 Å². The minimum Gasteiger partial charge on any atom is -0.393 e. The second-order valence-corrected chi connectivity index (χ2v) is 10.0. The Bertz CT molecular complexity index is 581. The van der Waals surface area contributed by atoms with Crippen LogP contribution in [0.25, 0.3) is 0 Å². The van der Waals surface area contributed by atoms with E-state index in [1.165, 1.54) is 44.9 Å². The lowest BCUT2D eigenvalue weighted by Gasteiger charge is -2.61. The number of aliphatic hydroxyl groups excluding tert-OH is 1. The molecular weight excluding hydrogens is 296 g/mol. The molecule has 2 heteroatoms. The molecule has 5 aliphatic carbocycles. The lowest BCUT2D eigenvalue weighted by molar-refractivity contribution is -0.138. The average Bonchev–Trinajstić information content (AvgIpc) is 2.94. The molecule has 1 N–H and O–H groups in total. The maximum Gasteiger partial charge on any atom is 0.155 e. The molecule has 0 aromatic carbocycles. The fraction of sp³-hybridized carbons (Fsp3) is 0.864. The van der Waals surface area contributed by atoms with Crippen LogP contribution in [0.3, 0.4) is 0 Å². The summed E-state index contributed by atoms with van der Waals surface area (Å²) in [5.41, 5.74) is 0.779. The van der Waals surface area contributed by atoms with Crippen molar-refractivity contribution >= 4 is 5.78 Å². The topological polar surface area (TPSA) is 37.3 Å². The van der Waals surface area contributed by atoms with E-state index >= 15 is 0 Å². The van der Waals surface area contributed by atoms with Crippen molar-refractivity contribution in [2.24, 2.45) is 40.4 Å². The minimum absolute atomic E-state index is 0.0495. The zero-order valence-electron chi connectivity index (χ0n) is 15.0. The average molecular weight is 328 g/mol. The minimum atomic E-state index is -0.0495. The summed E-state index contributed by atoms with van der Waals surface area (Å²) in [5.74, 6) is 4.29. The Labute approximate surface area is 146 Å². The van der Waals surface area contributed by atoms with Gasteiger partial charge >= 0.3 is 0 Å². The molecule has 0 aromatic rings. The number of carbonyl (C=O) groups excluding carboxylic acids is 1. The molecule has 4 saturated carbocycles. The van der Waals surface area contributed by atoms with Gasteiger partial charge in [0.2, 0.25) is 0 Å². The van der Waals surface area contributed by atoms with Crippen LogP contribution in [0.1, 0.15) is 71.1 Å². The van der Waals surface area contributed by atoms with Gasteiger partial charge in [-0.3, -0.25) is 4.79 Å². The van der Waals surface area contributed by atoms with E-state index in [0.717, 1.165) is 42.9 Å². The van der Waals surface area contributed by atoms with E-state index < -0.39 is 0 Å². The van der Waals surface area contributed by atoms with Crippen LogP contribution in [0, 0.1) is 40.4 Å². The summed E-state index contributed by atoms with van der Waals surface area (Å²) < 4.78 is 0. The Kier molecular flexibility index (Phi) is 3.38. The first-order valence-corrected chi connectivity index (χ1v) is 10.4. The number of rotatable bonds is 0. The summed E-state index contributed by atoms with van der Waals surface area (Å²) in [6.45, 7) is 2.55. The first-order valence-electron chi connectivity index (χ1n) is 10.4. The van der Waals surface area contributed by atoms with E-state index in [0.29, 0.717) is 22.5 Å². The van der Waals surface area contributed by atoms with Gasteiger partial charge in [0.25, 0.3) is 0 Å². The third kappa shape index (κ3) is 1.95. The van der Waals surface area contributed by atoms with Gasteiger partial charge in [-0.25, -0.2) is 0 Å². The molecule has 1 unspecified atom stereocenters. The Morgan fingerprint density at radius 2 is 1.92 bits per heavy atom. The van der Waals surface area contributed by atoms with Gasteiger partial charge in [-0.15, -0.1) is 0 Å². The van der Waals surface area contributed by atoms with Gasteiger partial charge in [-0.2, -0.15) is 0 Å². The molecule has 0 amide bonds. The van der Waals surface area contributed by atoms with Gasteiger partial charge in [-0.05, 0) is 104 Å². The van der Waals surface area contributed by atoms with E-state index in [4.69, 9.17) is 0 Å². The predicted molar refractivity (Wildman–Crippen MR) is 94.3 cm³/mol. The molecule has 0 aromatic heterocycles. The van der Waals surface area contributed by atoms with Gasteiger partial charge in [-0.1, -0.05) is 13.0 Å². The number of allylic oxidation sites excluding steroid dienone is 2. The summed E-state index contributed by atoms with van der Waals surface area (Å²) in [7, 11) is 0. The Hall–Kier alpha value is -0.630. The largest absolute Gasteiger partial charge is 0.393 e. The molecule has 4 fully saturated rings. The number of carbonyl (C=O) groups is 1. The van der Waals surface area contributed by atoms with Crippen molar-refractivity contribution in [3.05, 3.63) is 12.2 Å². The third-order valence-electron chi connectivity index (χ3n) is 9.44. The van der Waals surface area contributed by atoms with Gasteiger partial charge in [0.05, 0.1) is 6.10 Å². The first kappa shape index (κ1) is 15.6. The highest BCUT2D eigenvalue weighted by molar-refractivity contribution is 5.91. The summed E-state index contributed by atoms with van der Waals surface area (Å²) >= 11 is 0. The molecule has 0 radical (unpaired) electrons. The van der Waals surface area contributed by atoms with Crippen molar-refractivity contribution in [1.82, 2.24) is 0 Å². The number of ketones is 1. The number of fused-ring (bicyclic) bond motifs is 4. The van der Waals surface area contributed by atoms with Crippen LogP contribution in [0.5, 0.6) is 0 Å². The molecule has 0 bridgehead atoms. The molecule has 2 nitrogen and oxygen atoms in total. The van der Waals surface area contributed by atoms with Crippen LogP contribution in [-0.2, 0) is 4.79 Å². The number of hydrogen-bond donors (Lipinski definition) is 1. The van der Waals surface area contributed by atoms with E-state index in [9.17, 15) is 9.90 Å². The van der Waals surface area contributed by atoms with Crippen LogP contribution in [0.2, 0.25) is 0 Å². The van der Waals surface area contributed by atoms with Crippen molar-refractivity contribution in [2.45, 2.75) is 77.2 Å². The van der Waals surface area contributed by atoms with E-state index in [-0.39, 0.29) is 6.10 Å². The monoisotopic (exact) mass is 328 g/mol. The molecule has 5 rings (SSSR count). The van der Waals surface area contributed by atoms with Crippen molar-refractivity contribution in [3.63, 3.8) is 0 Å². The summed E-state index contributed by atoms with van der Waals surface area (Å²) in [5, 5.41) is 10.1. The van der Waals surface area contributed by atoms with E-state index in [1.807, 2.05) is 6.08 Å². The van der Waals surface area contributed by atoms with Gasteiger partial charge < -0.3 is 5.11 Å². The van der Waals surface area contributed by atoms with Gasteiger partial charge in [0.15, 0.2) is 5.78 Å². The SMILES string of the molecule is C[C@]12CC[C@@H](O)C[C@H]1CC[C@H]1[C@@H]3CCC4C=CC(=O)C[C@@]43CC[C@@H]12. The molecule has 1 spiro atoms. The fourth-order valence-corrected chi connectivity index (χ4v) is 8.33. The molecule has 8 atom stereocenters. The summed E-state index contributed by atoms with van der Waals surface area (Å²) in [4.78, 5) is 12.2. The van der Waals surface area contributed by atoms with E-state index in [2.05, 4.69) is 13.0 Å². The van der Waals surface area contributed by atoms with Crippen molar-refractivity contribution in [2.75, 3.05) is 0 Å². The quantitative estimate of drug-likeness (QED) is 0.710. The lowest BCUT2D eigenvalue weighted by Crippen LogP contribution is -2.55. The van der Waals surface area contributed by atoms with Crippen molar-refractivity contribution in [3.8, 4) is 0 Å². The second kappa shape index (κ2) is 5.19. The third-order valence-corrected chi connectivity index (χ3v) is 9.44. The highest BCUT2D eigenvalue weighted by Crippen LogP contribution is 2.69. The Morgan fingerprint density at radius 1 is 1.04 bits per heavy atom. The standard InChI is InChI=1S/C22H32O2/c1-21-10-8-16(23)12-15(21)3-6-18-19(21)9-11-22-13-17(24)5-2-14(22)4-7-20(18)22/h2,5,14-16,18-20,23H,3-4,6-13H2,1H3/t14?,15-,16-,18-,19+,20+,21+,22+/m1/s1. The van der Waals surface area contributed by atoms with E-state index in [1.54, 1.807) is 0 Å². The van der Waals surface area contributed by atoms with Crippen LogP contribution in [-0.4, -0.2) is 17.0 Å². The normalized spacial score (nSPS) is 56.2. The fourth-order valence-electron chi connectivity index (χ4n) is 8.33. The second-order valence-electron chi connectivity index (χ2n) is 10.0. The maximum absolute atomic E-state index is 12.2. The van der Waals surface area contributed by atoms with Crippen molar-refractivity contribution < 1.29 is 9.90 Å². The van der Waals surface area contributed by atoms with Crippen LogP contribution < -0.4 is 0 Å². The van der Waals surface area contributed by atoms with Crippen LogP contribution in [0.4, 0.5) is 0 Å². The zero-order valence-corrected chi connectivity index (χ0v) is 15.0. The molecule has 0 saturated heterocycles. The summed E-state index contributed by atoms with van der Waals surface area (Å²) in [6, 6.07) is 0. The number of aliphatic hydroxyl groups is 1. The lowest BCUT2D eigenvalue weighted by atomic mass is 9.43. The number of hydrogen-bond acceptors (Lipinski definition) is 2. The predicted octanol–water partition coefficient (Wildman–Crippen LogP) is 4.52. The highest BCUT2D eigenvalue weighted by Gasteiger charge is 2.61. The van der Waals surface area contributed by atoms with Crippen LogP contribution >= 0.6 is 0 Å². The van der Waals surface area contributed by atoms with Crippen LogP contribution in [0.15, 0.2) is 12.2 Å². The zero-order chi connectivity index (χ0) is 16.5. The molecule has 24 heavy (non-hydrogen) atoms. The highest BCUT2D eigenvalue weighted by atomic mass is 16.3. The molecular formula is C22H32O2. The summed E-state index contributed by atoms with van der Waals surface area (Å²) in [6.07, 6.45) is 16.2. The Balaban J connectivity index is 1.47. The molecule has 132 valence electrons.